The smallest absolute Gasteiger partial charge is 0.0881 e. The lowest BCUT2D eigenvalue weighted by Crippen LogP contribution is -2.55. The molecule has 0 bridgehead atoms. The summed E-state index contributed by atoms with van der Waals surface area (Å²) in [6.07, 6.45) is 16.8. The van der Waals surface area contributed by atoms with E-state index in [0.29, 0.717) is 11.3 Å². The van der Waals surface area contributed by atoms with Gasteiger partial charge in [-0.1, -0.05) is 32.1 Å². The summed E-state index contributed by atoms with van der Waals surface area (Å²) in [5, 5.41) is 11.1. The molecule has 0 amide bonds. The van der Waals surface area contributed by atoms with Crippen molar-refractivity contribution in [3.63, 3.8) is 0 Å². The standard InChI is InChI=1S/C21H32O/c1-4-21(22)14-11-18-16-9-8-15-7-5-6-12-19(15,2)17(16)10-13-20(18,21)3/h4-6,15-18,22H,1,7-14H2,2-3H3. The van der Waals surface area contributed by atoms with Crippen LogP contribution in [0.4, 0.5) is 0 Å². The van der Waals surface area contributed by atoms with Crippen molar-refractivity contribution in [1.29, 1.82) is 0 Å². The molecule has 1 nitrogen and oxygen atoms in total. The molecule has 0 aliphatic heterocycles. The quantitative estimate of drug-likeness (QED) is 0.667. The van der Waals surface area contributed by atoms with E-state index in [4.69, 9.17) is 0 Å². The van der Waals surface area contributed by atoms with Gasteiger partial charge < -0.3 is 5.11 Å². The summed E-state index contributed by atoms with van der Waals surface area (Å²) in [6, 6.07) is 0. The molecular weight excluding hydrogens is 268 g/mol. The van der Waals surface area contributed by atoms with E-state index in [2.05, 4.69) is 32.6 Å². The maximum atomic E-state index is 11.1. The monoisotopic (exact) mass is 300 g/mol. The maximum Gasteiger partial charge on any atom is 0.0881 e. The summed E-state index contributed by atoms with van der Waals surface area (Å²) < 4.78 is 0. The third-order valence-electron chi connectivity index (χ3n) is 8.76. The Balaban J connectivity index is 1.68. The second kappa shape index (κ2) is 4.72. The highest BCUT2D eigenvalue weighted by Gasteiger charge is 2.63. The van der Waals surface area contributed by atoms with Crippen LogP contribution in [0, 0.1) is 34.5 Å². The normalized spacial score (nSPS) is 56.9. The van der Waals surface area contributed by atoms with E-state index in [1.54, 1.807) is 0 Å². The van der Waals surface area contributed by atoms with E-state index in [1.165, 1.54) is 44.9 Å². The van der Waals surface area contributed by atoms with E-state index in [0.717, 1.165) is 24.2 Å². The van der Waals surface area contributed by atoms with Crippen molar-refractivity contribution < 1.29 is 5.11 Å². The van der Waals surface area contributed by atoms with Crippen molar-refractivity contribution in [2.45, 2.75) is 70.8 Å². The summed E-state index contributed by atoms with van der Waals surface area (Å²) >= 11 is 0. The van der Waals surface area contributed by atoms with Crippen molar-refractivity contribution in [2.75, 3.05) is 0 Å². The molecule has 4 aliphatic carbocycles. The van der Waals surface area contributed by atoms with Gasteiger partial charge in [-0.15, -0.1) is 6.58 Å². The number of rotatable bonds is 1. The molecule has 0 radical (unpaired) electrons. The fourth-order valence-electron chi connectivity index (χ4n) is 7.22. The van der Waals surface area contributed by atoms with Crippen LogP contribution in [0.1, 0.15) is 65.2 Å². The van der Waals surface area contributed by atoms with Crippen molar-refractivity contribution in [2.24, 2.45) is 34.5 Å². The van der Waals surface area contributed by atoms with Crippen molar-refractivity contribution >= 4 is 0 Å². The first kappa shape index (κ1) is 15.0. The van der Waals surface area contributed by atoms with Crippen LogP contribution in [0.2, 0.25) is 0 Å². The largest absolute Gasteiger partial charge is 0.385 e. The number of aliphatic hydroxyl groups is 1. The van der Waals surface area contributed by atoms with Crippen LogP contribution < -0.4 is 0 Å². The Morgan fingerprint density at radius 2 is 1.82 bits per heavy atom. The minimum Gasteiger partial charge on any atom is -0.385 e. The van der Waals surface area contributed by atoms with Gasteiger partial charge in [-0.3, -0.25) is 0 Å². The number of allylic oxidation sites excluding steroid dienone is 2. The third kappa shape index (κ3) is 1.70. The van der Waals surface area contributed by atoms with Gasteiger partial charge >= 0.3 is 0 Å². The lowest BCUT2D eigenvalue weighted by molar-refractivity contribution is -0.128. The molecule has 122 valence electrons. The Kier molecular flexibility index (Phi) is 3.22. The Bertz CT molecular complexity index is 506. The Labute approximate surface area is 135 Å². The van der Waals surface area contributed by atoms with Crippen molar-refractivity contribution in [1.82, 2.24) is 0 Å². The fraction of sp³-hybridized carbons (Fsp3) is 0.810. The lowest BCUT2D eigenvalue weighted by Gasteiger charge is -2.60. The summed E-state index contributed by atoms with van der Waals surface area (Å²) in [5.41, 5.74) is -0.0235. The zero-order valence-electron chi connectivity index (χ0n) is 14.4. The molecule has 4 rings (SSSR count). The van der Waals surface area contributed by atoms with Crippen LogP contribution in [-0.2, 0) is 0 Å². The zero-order chi connectivity index (χ0) is 15.6. The first-order chi connectivity index (χ1) is 10.4. The van der Waals surface area contributed by atoms with Gasteiger partial charge in [-0.2, -0.15) is 0 Å². The van der Waals surface area contributed by atoms with Gasteiger partial charge in [0.1, 0.15) is 0 Å². The van der Waals surface area contributed by atoms with Gasteiger partial charge in [0.25, 0.3) is 0 Å². The van der Waals surface area contributed by atoms with Crippen LogP contribution in [0.15, 0.2) is 24.8 Å². The van der Waals surface area contributed by atoms with Crippen molar-refractivity contribution in [3.8, 4) is 0 Å². The number of hydrogen-bond acceptors (Lipinski definition) is 1. The van der Waals surface area contributed by atoms with Crippen molar-refractivity contribution in [3.05, 3.63) is 24.8 Å². The lowest BCUT2D eigenvalue weighted by atomic mass is 9.45. The predicted molar refractivity (Wildman–Crippen MR) is 91.4 cm³/mol. The Morgan fingerprint density at radius 1 is 1.05 bits per heavy atom. The molecule has 3 fully saturated rings. The van der Waals surface area contributed by atoms with Crippen LogP contribution in [0.25, 0.3) is 0 Å². The van der Waals surface area contributed by atoms with Crippen LogP contribution >= 0.6 is 0 Å². The van der Waals surface area contributed by atoms with Gasteiger partial charge in [0, 0.05) is 5.41 Å². The maximum absolute atomic E-state index is 11.1. The fourth-order valence-corrected chi connectivity index (χ4v) is 7.22. The van der Waals surface area contributed by atoms with Gasteiger partial charge in [0.05, 0.1) is 5.60 Å². The van der Waals surface area contributed by atoms with Gasteiger partial charge in [-0.05, 0) is 80.5 Å². The summed E-state index contributed by atoms with van der Waals surface area (Å²) in [5.74, 6) is 3.32. The summed E-state index contributed by atoms with van der Waals surface area (Å²) in [7, 11) is 0. The van der Waals surface area contributed by atoms with Crippen LogP contribution in [0.5, 0.6) is 0 Å². The predicted octanol–water partition coefficient (Wildman–Crippen LogP) is 5.11. The molecule has 3 saturated carbocycles. The summed E-state index contributed by atoms with van der Waals surface area (Å²) in [4.78, 5) is 0. The van der Waals surface area contributed by atoms with E-state index in [-0.39, 0.29) is 5.41 Å². The highest BCUT2D eigenvalue weighted by molar-refractivity contribution is 5.19. The SMILES string of the molecule is C=CC1(O)CCC2C3CCC4CC=CCC4(C)C3CCC21C. The van der Waals surface area contributed by atoms with E-state index >= 15 is 0 Å². The molecule has 4 aliphatic rings. The molecule has 0 spiro atoms. The van der Waals surface area contributed by atoms with Crippen LogP contribution in [-0.4, -0.2) is 10.7 Å². The Hall–Kier alpha value is -0.560. The van der Waals surface area contributed by atoms with E-state index in [1.807, 2.05) is 6.08 Å². The van der Waals surface area contributed by atoms with Gasteiger partial charge in [0.15, 0.2) is 0 Å². The topological polar surface area (TPSA) is 20.2 Å². The molecule has 0 saturated heterocycles. The minimum atomic E-state index is -0.618. The molecule has 0 aromatic carbocycles. The average Bonchev–Trinajstić information content (AvgIpc) is 2.79. The number of fused-ring (bicyclic) bond motifs is 5. The molecule has 7 unspecified atom stereocenters. The second-order valence-electron chi connectivity index (χ2n) is 9.19. The molecule has 22 heavy (non-hydrogen) atoms. The first-order valence-electron chi connectivity index (χ1n) is 9.45. The van der Waals surface area contributed by atoms with E-state index in [9.17, 15) is 5.11 Å². The highest BCUT2D eigenvalue weighted by Crippen LogP contribution is 2.67. The zero-order valence-corrected chi connectivity index (χ0v) is 14.4. The minimum absolute atomic E-state index is 0.0730. The second-order valence-corrected chi connectivity index (χ2v) is 9.19. The highest BCUT2D eigenvalue weighted by atomic mass is 16.3. The third-order valence-corrected chi connectivity index (χ3v) is 8.76. The van der Waals surface area contributed by atoms with E-state index < -0.39 is 5.60 Å². The average molecular weight is 300 g/mol. The van der Waals surface area contributed by atoms with Gasteiger partial charge in [0.2, 0.25) is 0 Å². The summed E-state index contributed by atoms with van der Waals surface area (Å²) in [6.45, 7) is 8.91. The first-order valence-corrected chi connectivity index (χ1v) is 9.45. The van der Waals surface area contributed by atoms with Crippen LogP contribution in [0.3, 0.4) is 0 Å². The Morgan fingerprint density at radius 3 is 2.59 bits per heavy atom. The molecule has 1 N–H and O–H groups in total. The number of hydrogen-bond donors (Lipinski definition) is 1. The molecule has 0 aromatic rings. The molecule has 0 heterocycles. The molecule has 1 heteroatoms. The van der Waals surface area contributed by atoms with Gasteiger partial charge in [-0.25, -0.2) is 0 Å². The molecule has 7 atom stereocenters. The molecular formula is C21H32O. The molecule has 0 aromatic heterocycles.